The van der Waals surface area contributed by atoms with E-state index in [1.54, 1.807) is 0 Å². The molecule has 2 rings (SSSR count). The summed E-state index contributed by atoms with van der Waals surface area (Å²) >= 11 is 0. The summed E-state index contributed by atoms with van der Waals surface area (Å²) in [5.74, 6) is 0. The summed E-state index contributed by atoms with van der Waals surface area (Å²) in [6.45, 7) is 6.00. The van der Waals surface area contributed by atoms with Gasteiger partial charge in [0.15, 0.2) is 0 Å². The van der Waals surface area contributed by atoms with Gasteiger partial charge in [0.25, 0.3) is 0 Å². The van der Waals surface area contributed by atoms with Gasteiger partial charge < -0.3 is 10.2 Å². The summed E-state index contributed by atoms with van der Waals surface area (Å²) in [5, 5.41) is 21.2. The van der Waals surface area contributed by atoms with E-state index in [1.165, 1.54) is 0 Å². The SMILES string of the molecule is CC1(C)CN(c2ccc(C#N)cc2)CC(CC#N)N1. The van der Waals surface area contributed by atoms with Gasteiger partial charge >= 0.3 is 0 Å². The van der Waals surface area contributed by atoms with Gasteiger partial charge in [-0.3, -0.25) is 0 Å². The topological polar surface area (TPSA) is 62.9 Å². The van der Waals surface area contributed by atoms with E-state index in [0.717, 1.165) is 18.8 Å². The predicted octanol–water partition coefficient (Wildman–Crippen LogP) is 2.03. The predicted molar refractivity (Wildman–Crippen MR) is 74.6 cm³/mol. The average Bonchev–Trinajstić information content (AvgIpc) is 2.37. The molecule has 4 heteroatoms. The quantitative estimate of drug-likeness (QED) is 0.877. The molecule has 1 aromatic carbocycles. The second-order valence-electron chi connectivity index (χ2n) is 5.63. The highest BCUT2D eigenvalue weighted by molar-refractivity contribution is 5.50. The van der Waals surface area contributed by atoms with Crippen molar-refractivity contribution >= 4 is 5.69 Å². The molecule has 1 N–H and O–H groups in total. The zero-order chi connectivity index (χ0) is 13.9. The lowest BCUT2D eigenvalue weighted by atomic mass is 9.96. The zero-order valence-electron chi connectivity index (χ0n) is 11.3. The fraction of sp³-hybridized carbons (Fsp3) is 0.467. The van der Waals surface area contributed by atoms with E-state index in [2.05, 4.69) is 36.2 Å². The average molecular weight is 254 g/mol. The van der Waals surface area contributed by atoms with Crippen LogP contribution in [0.2, 0.25) is 0 Å². The van der Waals surface area contributed by atoms with Crippen LogP contribution in [0.1, 0.15) is 25.8 Å². The summed E-state index contributed by atoms with van der Waals surface area (Å²) < 4.78 is 0. The van der Waals surface area contributed by atoms with Crippen molar-refractivity contribution in [3.8, 4) is 12.1 Å². The first-order chi connectivity index (χ1) is 9.04. The van der Waals surface area contributed by atoms with Crippen LogP contribution in [0.4, 0.5) is 5.69 Å². The molecular weight excluding hydrogens is 236 g/mol. The minimum absolute atomic E-state index is 0.0202. The van der Waals surface area contributed by atoms with Crippen molar-refractivity contribution in [2.24, 2.45) is 0 Å². The number of piperazine rings is 1. The maximum Gasteiger partial charge on any atom is 0.0991 e. The van der Waals surface area contributed by atoms with Gasteiger partial charge in [0.2, 0.25) is 0 Å². The van der Waals surface area contributed by atoms with Crippen LogP contribution in [0.3, 0.4) is 0 Å². The molecule has 98 valence electrons. The smallest absolute Gasteiger partial charge is 0.0991 e. The maximum absolute atomic E-state index is 8.87. The highest BCUT2D eigenvalue weighted by Crippen LogP contribution is 2.23. The van der Waals surface area contributed by atoms with E-state index in [1.807, 2.05) is 24.3 Å². The number of hydrogen-bond acceptors (Lipinski definition) is 4. The second-order valence-corrected chi connectivity index (χ2v) is 5.63. The fourth-order valence-electron chi connectivity index (χ4n) is 2.62. The normalized spacial score (nSPS) is 21.5. The molecule has 0 aliphatic carbocycles. The van der Waals surface area contributed by atoms with Crippen molar-refractivity contribution in [1.29, 1.82) is 10.5 Å². The molecule has 0 bridgehead atoms. The van der Waals surface area contributed by atoms with E-state index in [0.29, 0.717) is 12.0 Å². The van der Waals surface area contributed by atoms with E-state index < -0.39 is 0 Å². The summed E-state index contributed by atoms with van der Waals surface area (Å²) in [5.41, 5.74) is 1.76. The van der Waals surface area contributed by atoms with E-state index in [9.17, 15) is 0 Å². The van der Waals surface area contributed by atoms with Crippen molar-refractivity contribution in [2.45, 2.75) is 31.8 Å². The van der Waals surface area contributed by atoms with E-state index in [4.69, 9.17) is 10.5 Å². The Kier molecular flexibility index (Phi) is 3.74. The Balaban J connectivity index is 2.18. The number of hydrogen-bond donors (Lipinski definition) is 1. The summed E-state index contributed by atoms with van der Waals surface area (Å²) in [4.78, 5) is 2.28. The Labute approximate surface area is 114 Å². The summed E-state index contributed by atoms with van der Waals surface area (Å²) in [6.07, 6.45) is 0.510. The third-order valence-corrected chi connectivity index (χ3v) is 3.32. The van der Waals surface area contributed by atoms with Crippen molar-refractivity contribution < 1.29 is 0 Å². The molecule has 0 aromatic heterocycles. The van der Waals surface area contributed by atoms with E-state index >= 15 is 0 Å². The second kappa shape index (κ2) is 5.30. The van der Waals surface area contributed by atoms with Gasteiger partial charge in [0.1, 0.15) is 0 Å². The van der Waals surface area contributed by atoms with Crippen LogP contribution in [0, 0.1) is 22.7 Å². The largest absolute Gasteiger partial charge is 0.368 e. The van der Waals surface area contributed by atoms with Crippen LogP contribution in [-0.4, -0.2) is 24.7 Å². The molecule has 0 spiro atoms. The van der Waals surface area contributed by atoms with Gasteiger partial charge in [0, 0.05) is 30.4 Å². The molecule has 1 aliphatic rings. The molecule has 0 radical (unpaired) electrons. The minimum Gasteiger partial charge on any atom is -0.368 e. The lowest BCUT2D eigenvalue weighted by molar-refractivity contribution is 0.291. The van der Waals surface area contributed by atoms with Crippen LogP contribution in [-0.2, 0) is 0 Å². The first-order valence-corrected chi connectivity index (χ1v) is 6.44. The van der Waals surface area contributed by atoms with Crippen LogP contribution >= 0.6 is 0 Å². The number of rotatable bonds is 2. The Morgan fingerprint density at radius 3 is 2.58 bits per heavy atom. The van der Waals surface area contributed by atoms with E-state index in [-0.39, 0.29) is 11.6 Å². The standard InChI is InChI=1S/C15H18N4/c1-15(2)11-19(10-13(18-15)7-8-16)14-5-3-12(9-17)4-6-14/h3-6,13,18H,7,10-11H2,1-2H3. The Hall–Kier alpha value is -2.04. The molecule has 1 aromatic rings. The van der Waals surface area contributed by atoms with Gasteiger partial charge in [0.05, 0.1) is 24.1 Å². The molecule has 0 amide bonds. The third-order valence-electron chi connectivity index (χ3n) is 3.32. The number of nitrogens with one attached hydrogen (secondary N) is 1. The van der Waals surface area contributed by atoms with Crippen LogP contribution in [0.15, 0.2) is 24.3 Å². The summed E-state index contributed by atoms with van der Waals surface area (Å²) in [7, 11) is 0. The Morgan fingerprint density at radius 2 is 2.00 bits per heavy atom. The highest BCUT2D eigenvalue weighted by atomic mass is 15.2. The molecule has 19 heavy (non-hydrogen) atoms. The molecule has 1 heterocycles. The molecule has 1 aliphatic heterocycles. The monoisotopic (exact) mass is 254 g/mol. The molecular formula is C15H18N4. The Bertz CT molecular complexity index is 519. The number of benzene rings is 1. The van der Waals surface area contributed by atoms with Crippen LogP contribution in [0.5, 0.6) is 0 Å². The molecule has 0 saturated carbocycles. The molecule has 1 atom stereocenters. The highest BCUT2D eigenvalue weighted by Gasteiger charge is 2.31. The molecule has 1 fully saturated rings. The number of anilines is 1. The first-order valence-electron chi connectivity index (χ1n) is 6.44. The van der Waals surface area contributed by atoms with Crippen molar-refractivity contribution in [1.82, 2.24) is 5.32 Å². The maximum atomic E-state index is 8.87. The fourth-order valence-corrected chi connectivity index (χ4v) is 2.62. The van der Waals surface area contributed by atoms with Gasteiger partial charge in [-0.15, -0.1) is 0 Å². The molecule has 1 saturated heterocycles. The van der Waals surface area contributed by atoms with Crippen molar-refractivity contribution in [3.63, 3.8) is 0 Å². The third kappa shape index (κ3) is 3.24. The Morgan fingerprint density at radius 1 is 1.32 bits per heavy atom. The van der Waals surface area contributed by atoms with Gasteiger partial charge in [-0.05, 0) is 38.1 Å². The molecule has 1 unspecified atom stereocenters. The number of nitriles is 2. The minimum atomic E-state index is -0.0202. The van der Waals surface area contributed by atoms with Gasteiger partial charge in [-0.2, -0.15) is 10.5 Å². The van der Waals surface area contributed by atoms with Crippen molar-refractivity contribution in [3.05, 3.63) is 29.8 Å². The number of nitrogens with zero attached hydrogens (tertiary/aromatic N) is 3. The molecule has 4 nitrogen and oxygen atoms in total. The van der Waals surface area contributed by atoms with Crippen molar-refractivity contribution in [2.75, 3.05) is 18.0 Å². The van der Waals surface area contributed by atoms with Crippen LogP contribution in [0.25, 0.3) is 0 Å². The lowest BCUT2D eigenvalue weighted by Crippen LogP contribution is -2.62. The van der Waals surface area contributed by atoms with Gasteiger partial charge in [-0.1, -0.05) is 0 Å². The van der Waals surface area contributed by atoms with Gasteiger partial charge in [-0.25, -0.2) is 0 Å². The van der Waals surface area contributed by atoms with Crippen LogP contribution < -0.4 is 10.2 Å². The first kappa shape index (κ1) is 13.4. The summed E-state index contributed by atoms with van der Waals surface area (Å²) in [6, 6.07) is 12.2. The zero-order valence-corrected chi connectivity index (χ0v) is 11.3. The lowest BCUT2D eigenvalue weighted by Gasteiger charge is -2.44.